The molecule has 1 rings (SSSR count). The SMILES string of the molecule is OCCOCCNc1ccc(Br)cc1Cl. The fraction of sp³-hybridized carbons (Fsp3) is 0.400. The number of hydrogen-bond acceptors (Lipinski definition) is 3. The van der Waals surface area contributed by atoms with Crippen molar-refractivity contribution in [2.45, 2.75) is 0 Å². The lowest BCUT2D eigenvalue weighted by Crippen LogP contribution is -2.11. The second-order valence-corrected chi connectivity index (χ2v) is 4.21. The predicted octanol–water partition coefficient (Wildman–Crippen LogP) is 2.52. The average molecular weight is 295 g/mol. The summed E-state index contributed by atoms with van der Waals surface area (Å²) in [4.78, 5) is 0. The Hall–Kier alpha value is -0.290. The van der Waals surface area contributed by atoms with E-state index in [1.807, 2.05) is 18.2 Å². The van der Waals surface area contributed by atoms with Gasteiger partial charge in [-0.1, -0.05) is 27.5 Å². The summed E-state index contributed by atoms with van der Waals surface area (Å²) in [5.41, 5.74) is 0.882. The number of aliphatic hydroxyl groups is 1. The summed E-state index contributed by atoms with van der Waals surface area (Å²) < 4.78 is 6.06. The van der Waals surface area contributed by atoms with E-state index in [0.717, 1.165) is 10.2 Å². The van der Waals surface area contributed by atoms with Crippen molar-refractivity contribution in [1.29, 1.82) is 0 Å². The molecule has 3 nitrogen and oxygen atoms in total. The van der Waals surface area contributed by atoms with Crippen molar-refractivity contribution >= 4 is 33.2 Å². The van der Waals surface area contributed by atoms with Crippen molar-refractivity contribution in [1.82, 2.24) is 0 Å². The van der Waals surface area contributed by atoms with Gasteiger partial charge in [-0.15, -0.1) is 0 Å². The molecule has 0 saturated heterocycles. The van der Waals surface area contributed by atoms with Crippen LogP contribution in [0.15, 0.2) is 22.7 Å². The maximum atomic E-state index is 8.49. The van der Waals surface area contributed by atoms with E-state index in [9.17, 15) is 0 Å². The maximum Gasteiger partial charge on any atom is 0.0698 e. The molecule has 2 N–H and O–H groups in total. The van der Waals surface area contributed by atoms with Gasteiger partial charge >= 0.3 is 0 Å². The zero-order valence-corrected chi connectivity index (χ0v) is 10.5. The highest BCUT2D eigenvalue weighted by Crippen LogP contribution is 2.25. The molecule has 0 aliphatic heterocycles. The normalized spacial score (nSPS) is 10.3. The van der Waals surface area contributed by atoms with Crippen LogP contribution < -0.4 is 5.32 Å². The van der Waals surface area contributed by atoms with Gasteiger partial charge in [0.2, 0.25) is 0 Å². The number of nitrogens with one attached hydrogen (secondary N) is 1. The molecule has 0 aromatic heterocycles. The van der Waals surface area contributed by atoms with Crippen molar-refractivity contribution in [2.75, 3.05) is 31.7 Å². The standard InChI is InChI=1S/C10H13BrClNO2/c11-8-1-2-10(9(12)7-8)13-3-5-15-6-4-14/h1-2,7,13-14H,3-6H2. The Labute approximate surface area is 103 Å². The maximum absolute atomic E-state index is 8.49. The molecule has 84 valence electrons. The molecule has 0 aliphatic carbocycles. The van der Waals surface area contributed by atoms with Crippen LogP contribution in [0.25, 0.3) is 0 Å². The third-order valence-corrected chi connectivity index (χ3v) is 2.53. The van der Waals surface area contributed by atoms with Gasteiger partial charge in [0.15, 0.2) is 0 Å². The first kappa shape index (κ1) is 12.8. The second kappa shape index (κ2) is 7.06. The summed E-state index contributed by atoms with van der Waals surface area (Å²) in [6.07, 6.45) is 0. The fourth-order valence-electron chi connectivity index (χ4n) is 1.06. The van der Waals surface area contributed by atoms with E-state index in [1.165, 1.54) is 0 Å². The Bertz CT molecular complexity index is 309. The second-order valence-electron chi connectivity index (χ2n) is 2.89. The molecule has 5 heteroatoms. The van der Waals surface area contributed by atoms with E-state index >= 15 is 0 Å². The Morgan fingerprint density at radius 2 is 2.20 bits per heavy atom. The molecular formula is C10H13BrClNO2. The zero-order chi connectivity index (χ0) is 11.1. The smallest absolute Gasteiger partial charge is 0.0698 e. The average Bonchev–Trinajstić information content (AvgIpc) is 2.20. The third kappa shape index (κ3) is 4.84. The molecule has 15 heavy (non-hydrogen) atoms. The van der Waals surface area contributed by atoms with Gasteiger partial charge in [-0.2, -0.15) is 0 Å². The van der Waals surface area contributed by atoms with Gasteiger partial charge < -0.3 is 15.2 Å². The van der Waals surface area contributed by atoms with E-state index in [4.69, 9.17) is 21.4 Å². The molecule has 1 aromatic carbocycles. The molecule has 1 aromatic rings. The molecule has 0 saturated carbocycles. The number of halogens is 2. The Morgan fingerprint density at radius 1 is 1.40 bits per heavy atom. The Morgan fingerprint density at radius 3 is 2.87 bits per heavy atom. The molecule has 0 bridgehead atoms. The summed E-state index contributed by atoms with van der Waals surface area (Å²) in [6, 6.07) is 5.65. The minimum Gasteiger partial charge on any atom is -0.394 e. The first-order valence-corrected chi connectivity index (χ1v) is 5.78. The first-order chi connectivity index (χ1) is 7.24. The number of aliphatic hydroxyl groups excluding tert-OH is 1. The Kier molecular flexibility index (Phi) is 6.02. The molecule has 0 amide bonds. The fourth-order valence-corrected chi connectivity index (χ4v) is 1.80. The largest absolute Gasteiger partial charge is 0.394 e. The number of anilines is 1. The third-order valence-electron chi connectivity index (χ3n) is 1.73. The van der Waals surface area contributed by atoms with Crippen molar-refractivity contribution in [3.63, 3.8) is 0 Å². The predicted molar refractivity (Wildman–Crippen MR) is 65.5 cm³/mol. The van der Waals surface area contributed by atoms with Crippen LogP contribution >= 0.6 is 27.5 Å². The van der Waals surface area contributed by atoms with Crippen LogP contribution in [0.5, 0.6) is 0 Å². The van der Waals surface area contributed by atoms with Crippen LogP contribution in [0.4, 0.5) is 5.69 Å². The quantitative estimate of drug-likeness (QED) is 0.792. The van der Waals surface area contributed by atoms with E-state index in [1.54, 1.807) is 0 Å². The highest BCUT2D eigenvalue weighted by atomic mass is 79.9. The van der Waals surface area contributed by atoms with Gasteiger partial charge in [0.05, 0.1) is 30.5 Å². The molecule has 0 unspecified atom stereocenters. The van der Waals surface area contributed by atoms with Crippen LogP contribution in [0.2, 0.25) is 5.02 Å². The molecule has 0 spiro atoms. The van der Waals surface area contributed by atoms with Crippen LogP contribution in [0, 0.1) is 0 Å². The molecule has 0 aliphatic rings. The summed E-state index contributed by atoms with van der Waals surface area (Å²) in [5.74, 6) is 0. The summed E-state index contributed by atoms with van der Waals surface area (Å²) in [7, 11) is 0. The molecule has 0 heterocycles. The van der Waals surface area contributed by atoms with Crippen LogP contribution in [-0.2, 0) is 4.74 Å². The topological polar surface area (TPSA) is 41.5 Å². The van der Waals surface area contributed by atoms with E-state index in [2.05, 4.69) is 21.2 Å². The number of rotatable bonds is 6. The van der Waals surface area contributed by atoms with Crippen LogP contribution in [0.3, 0.4) is 0 Å². The zero-order valence-electron chi connectivity index (χ0n) is 8.17. The monoisotopic (exact) mass is 293 g/mol. The minimum absolute atomic E-state index is 0.0546. The van der Waals surface area contributed by atoms with Crippen LogP contribution in [0.1, 0.15) is 0 Å². The summed E-state index contributed by atoms with van der Waals surface area (Å²) in [5, 5.41) is 12.3. The van der Waals surface area contributed by atoms with Crippen LogP contribution in [-0.4, -0.2) is 31.5 Å². The number of hydrogen-bond donors (Lipinski definition) is 2. The molecule has 0 atom stereocenters. The molecule has 0 fully saturated rings. The Balaban J connectivity index is 2.31. The van der Waals surface area contributed by atoms with E-state index < -0.39 is 0 Å². The van der Waals surface area contributed by atoms with Crippen molar-refractivity contribution in [2.24, 2.45) is 0 Å². The summed E-state index contributed by atoms with van der Waals surface area (Å²) >= 11 is 9.33. The van der Waals surface area contributed by atoms with Crippen molar-refractivity contribution in [3.05, 3.63) is 27.7 Å². The number of ether oxygens (including phenoxy) is 1. The van der Waals surface area contributed by atoms with Gasteiger partial charge in [-0.05, 0) is 18.2 Å². The van der Waals surface area contributed by atoms with E-state index in [0.29, 0.717) is 24.8 Å². The van der Waals surface area contributed by atoms with Crippen molar-refractivity contribution in [3.8, 4) is 0 Å². The van der Waals surface area contributed by atoms with Gasteiger partial charge in [-0.25, -0.2) is 0 Å². The number of benzene rings is 1. The van der Waals surface area contributed by atoms with Crippen molar-refractivity contribution < 1.29 is 9.84 Å². The molecular weight excluding hydrogens is 281 g/mol. The lowest BCUT2D eigenvalue weighted by atomic mass is 10.3. The summed E-state index contributed by atoms with van der Waals surface area (Å²) in [6.45, 7) is 1.64. The molecule has 0 radical (unpaired) electrons. The van der Waals surface area contributed by atoms with E-state index in [-0.39, 0.29) is 6.61 Å². The lowest BCUT2D eigenvalue weighted by molar-refractivity contribution is 0.0992. The van der Waals surface area contributed by atoms with Gasteiger partial charge in [0, 0.05) is 11.0 Å². The first-order valence-electron chi connectivity index (χ1n) is 4.61. The van der Waals surface area contributed by atoms with Gasteiger partial charge in [-0.3, -0.25) is 0 Å². The van der Waals surface area contributed by atoms with Gasteiger partial charge in [0.1, 0.15) is 0 Å². The highest BCUT2D eigenvalue weighted by molar-refractivity contribution is 9.10. The lowest BCUT2D eigenvalue weighted by Gasteiger charge is -2.08. The minimum atomic E-state index is 0.0546. The van der Waals surface area contributed by atoms with Gasteiger partial charge in [0.25, 0.3) is 0 Å². The highest BCUT2D eigenvalue weighted by Gasteiger charge is 1.99.